The van der Waals surface area contributed by atoms with Gasteiger partial charge in [0.2, 0.25) is 0 Å². The van der Waals surface area contributed by atoms with E-state index in [0.717, 1.165) is 0 Å². The van der Waals surface area contributed by atoms with Gasteiger partial charge in [-0.25, -0.2) is 4.79 Å². The van der Waals surface area contributed by atoms with Gasteiger partial charge in [0.05, 0.1) is 5.69 Å². The van der Waals surface area contributed by atoms with Crippen LogP contribution in [0.2, 0.25) is 0 Å². The Hall–Kier alpha value is -1.99. The number of nitrogen functional groups attached to an aromatic ring is 1. The zero-order chi connectivity index (χ0) is 18.4. The third-order valence-electron chi connectivity index (χ3n) is 3.84. The standard InChI is InChI=1S/C18H29N3O4/c1-18(2,3)25-17(23)21-10-8-20(9-11-21)12-14(22)13-24-16-7-5-4-6-15(16)19/h4-7,14,22H,8-13,19H2,1-3H3. The van der Waals surface area contributed by atoms with Gasteiger partial charge in [0.15, 0.2) is 0 Å². The number of hydrogen-bond donors (Lipinski definition) is 2. The van der Waals surface area contributed by atoms with E-state index in [1.807, 2.05) is 32.9 Å². The Balaban J connectivity index is 1.71. The predicted octanol–water partition coefficient (Wildman–Crippen LogP) is 1.56. The van der Waals surface area contributed by atoms with E-state index in [1.165, 1.54) is 0 Å². The molecular formula is C18H29N3O4. The molecule has 7 nitrogen and oxygen atoms in total. The number of benzene rings is 1. The summed E-state index contributed by atoms with van der Waals surface area (Å²) in [5, 5.41) is 10.2. The topological polar surface area (TPSA) is 88.3 Å². The summed E-state index contributed by atoms with van der Waals surface area (Å²) in [5.41, 5.74) is 5.88. The van der Waals surface area contributed by atoms with E-state index in [2.05, 4.69) is 4.90 Å². The molecule has 25 heavy (non-hydrogen) atoms. The fourth-order valence-corrected chi connectivity index (χ4v) is 2.59. The second-order valence-corrected chi connectivity index (χ2v) is 7.27. The van der Waals surface area contributed by atoms with Crippen LogP contribution in [0.15, 0.2) is 24.3 Å². The van der Waals surface area contributed by atoms with Gasteiger partial charge in [0.25, 0.3) is 0 Å². The van der Waals surface area contributed by atoms with Gasteiger partial charge in [0, 0.05) is 32.7 Å². The number of amides is 1. The molecule has 0 aromatic heterocycles. The van der Waals surface area contributed by atoms with Gasteiger partial charge >= 0.3 is 6.09 Å². The number of aliphatic hydroxyl groups excluding tert-OH is 1. The Morgan fingerprint density at radius 1 is 1.24 bits per heavy atom. The summed E-state index contributed by atoms with van der Waals surface area (Å²) in [7, 11) is 0. The van der Waals surface area contributed by atoms with Crippen molar-refractivity contribution in [3.05, 3.63) is 24.3 Å². The molecule has 1 aliphatic heterocycles. The van der Waals surface area contributed by atoms with Gasteiger partial charge in [-0.15, -0.1) is 0 Å². The number of carbonyl (C=O) groups excluding carboxylic acids is 1. The third-order valence-corrected chi connectivity index (χ3v) is 3.84. The fraction of sp³-hybridized carbons (Fsp3) is 0.611. The molecule has 1 unspecified atom stereocenters. The zero-order valence-corrected chi connectivity index (χ0v) is 15.3. The molecule has 1 saturated heterocycles. The number of nitrogens with zero attached hydrogens (tertiary/aromatic N) is 2. The number of hydrogen-bond acceptors (Lipinski definition) is 6. The summed E-state index contributed by atoms with van der Waals surface area (Å²) in [5.74, 6) is 0.580. The van der Waals surface area contributed by atoms with Crippen LogP contribution in [0.5, 0.6) is 5.75 Å². The molecule has 0 aliphatic carbocycles. The Bertz CT molecular complexity index is 566. The SMILES string of the molecule is CC(C)(C)OC(=O)N1CCN(CC(O)COc2ccccc2N)CC1. The lowest BCUT2D eigenvalue weighted by atomic mass is 10.2. The van der Waals surface area contributed by atoms with Crippen LogP contribution < -0.4 is 10.5 Å². The molecule has 1 heterocycles. The predicted molar refractivity (Wildman–Crippen MR) is 96.6 cm³/mol. The van der Waals surface area contributed by atoms with Crippen LogP contribution >= 0.6 is 0 Å². The van der Waals surface area contributed by atoms with E-state index in [-0.39, 0.29) is 12.7 Å². The Morgan fingerprint density at radius 3 is 2.48 bits per heavy atom. The monoisotopic (exact) mass is 351 g/mol. The van der Waals surface area contributed by atoms with E-state index in [1.54, 1.807) is 17.0 Å². The second-order valence-electron chi connectivity index (χ2n) is 7.27. The van der Waals surface area contributed by atoms with Crippen molar-refractivity contribution in [1.29, 1.82) is 0 Å². The van der Waals surface area contributed by atoms with Gasteiger partial charge < -0.3 is 25.2 Å². The lowest BCUT2D eigenvalue weighted by Gasteiger charge is -2.36. The van der Waals surface area contributed by atoms with E-state index in [0.29, 0.717) is 44.2 Å². The lowest BCUT2D eigenvalue weighted by Crippen LogP contribution is -2.51. The molecule has 140 valence electrons. The highest BCUT2D eigenvalue weighted by Crippen LogP contribution is 2.20. The molecular weight excluding hydrogens is 322 g/mol. The smallest absolute Gasteiger partial charge is 0.410 e. The van der Waals surface area contributed by atoms with Crippen LogP contribution in [-0.2, 0) is 4.74 Å². The van der Waals surface area contributed by atoms with Gasteiger partial charge in [-0.05, 0) is 32.9 Å². The highest BCUT2D eigenvalue weighted by atomic mass is 16.6. The summed E-state index contributed by atoms with van der Waals surface area (Å²) in [4.78, 5) is 15.9. The number of para-hydroxylation sites is 2. The maximum atomic E-state index is 12.0. The Morgan fingerprint density at radius 2 is 1.88 bits per heavy atom. The number of ether oxygens (including phenoxy) is 2. The number of carbonyl (C=O) groups is 1. The lowest BCUT2D eigenvalue weighted by molar-refractivity contribution is 0.00716. The molecule has 0 saturated carbocycles. The molecule has 1 aromatic rings. The molecule has 1 amide bonds. The number of anilines is 1. The third kappa shape index (κ3) is 6.43. The number of rotatable bonds is 5. The van der Waals surface area contributed by atoms with E-state index in [9.17, 15) is 9.90 Å². The maximum absolute atomic E-state index is 12.0. The first-order valence-corrected chi connectivity index (χ1v) is 8.60. The number of piperazine rings is 1. The summed E-state index contributed by atoms with van der Waals surface area (Å²) < 4.78 is 10.9. The van der Waals surface area contributed by atoms with Crippen molar-refractivity contribution in [2.45, 2.75) is 32.5 Å². The van der Waals surface area contributed by atoms with Gasteiger partial charge in [-0.2, -0.15) is 0 Å². The average Bonchev–Trinajstić information content (AvgIpc) is 2.53. The molecule has 1 aliphatic rings. The first kappa shape index (κ1) is 19.3. The van der Waals surface area contributed by atoms with Crippen LogP contribution in [-0.4, -0.2) is 72.0 Å². The average molecular weight is 351 g/mol. The van der Waals surface area contributed by atoms with Gasteiger partial charge in [-0.3, -0.25) is 4.90 Å². The highest BCUT2D eigenvalue weighted by molar-refractivity contribution is 5.68. The van der Waals surface area contributed by atoms with Gasteiger partial charge in [0.1, 0.15) is 24.1 Å². The quantitative estimate of drug-likeness (QED) is 0.783. The molecule has 2 rings (SSSR count). The summed E-state index contributed by atoms with van der Waals surface area (Å²) in [6, 6.07) is 7.22. The minimum atomic E-state index is -0.618. The van der Waals surface area contributed by atoms with Crippen LogP contribution in [0.3, 0.4) is 0 Å². The van der Waals surface area contributed by atoms with E-state index >= 15 is 0 Å². The van der Waals surface area contributed by atoms with Crippen LogP contribution in [0.4, 0.5) is 10.5 Å². The molecule has 0 spiro atoms. The van der Waals surface area contributed by atoms with Crippen molar-refractivity contribution in [3.63, 3.8) is 0 Å². The molecule has 1 atom stereocenters. The van der Waals surface area contributed by atoms with Crippen LogP contribution in [0.25, 0.3) is 0 Å². The summed E-state index contributed by atoms with van der Waals surface area (Å²) >= 11 is 0. The van der Waals surface area contributed by atoms with E-state index < -0.39 is 11.7 Å². The minimum absolute atomic E-state index is 0.181. The number of β-amino-alcohol motifs (C(OH)–C–C–N with tert-alkyl or cyclic N) is 1. The maximum Gasteiger partial charge on any atom is 0.410 e. The van der Waals surface area contributed by atoms with Crippen molar-refractivity contribution < 1.29 is 19.4 Å². The van der Waals surface area contributed by atoms with E-state index in [4.69, 9.17) is 15.2 Å². The van der Waals surface area contributed by atoms with Crippen molar-refractivity contribution in [2.24, 2.45) is 0 Å². The van der Waals surface area contributed by atoms with Crippen LogP contribution in [0, 0.1) is 0 Å². The molecule has 1 fully saturated rings. The summed E-state index contributed by atoms with van der Waals surface area (Å²) in [6.45, 7) is 8.83. The fourth-order valence-electron chi connectivity index (χ4n) is 2.59. The Kier molecular flexibility index (Phi) is 6.50. The molecule has 0 radical (unpaired) electrons. The number of aliphatic hydroxyl groups is 1. The second kappa shape index (κ2) is 8.40. The first-order valence-electron chi connectivity index (χ1n) is 8.60. The van der Waals surface area contributed by atoms with Crippen molar-refractivity contribution >= 4 is 11.8 Å². The van der Waals surface area contributed by atoms with Crippen LogP contribution in [0.1, 0.15) is 20.8 Å². The zero-order valence-electron chi connectivity index (χ0n) is 15.3. The normalized spacial score (nSPS) is 17.2. The molecule has 7 heteroatoms. The molecule has 3 N–H and O–H groups in total. The summed E-state index contributed by atoms with van der Waals surface area (Å²) in [6.07, 6.45) is -0.900. The highest BCUT2D eigenvalue weighted by Gasteiger charge is 2.26. The molecule has 1 aromatic carbocycles. The minimum Gasteiger partial charge on any atom is -0.489 e. The van der Waals surface area contributed by atoms with Gasteiger partial charge in [-0.1, -0.05) is 12.1 Å². The van der Waals surface area contributed by atoms with Crippen molar-refractivity contribution in [1.82, 2.24) is 9.80 Å². The first-order chi connectivity index (χ1) is 11.7. The van der Waals surface area contributed by atoms with Crippen molar-refractivity contribution in [3.8, 4) is 5.75 Å². The molecule has 0 bridgehead atoms. The number of nitrogens with two attached hydrogens (primary N) is 1. The Labute approximate surface area is 149 Å². The largest absolute Gasteiger partial charge is 0.489 e. The van der Waals surface area contributed by atoms with Crippen molar-refractivity contribution in [2.75, 3.05) is 45.1 Å².